The Bertz CT molecular complexity index is 1030. The number of thiazole rings is 1. The number of urea groups is 1. The number of ether oxygens (including phenoxy) is 3. The van der Waals surface area contributed by atoms with Crippen molar-refractivity contribution in [2.24, 2.45) is 0 Å². The van der Waals surface area contributed by atoms with Crippen molar-refractivity contribution < 1.29 is 19.0 Å². The number of aryl methyl sites for hydroxylation is 1. The summed E-state index contributed by atoms with van der Waals surface area (Å²) in [5, 5.41) is 6.96. The van der Waals surface area contributed by atoms with Crippen molar-refractivity contribution in [1.29, 1.82) is 0 Å². The highest BCUT2D eigenvalue weighted by molar-refractivity contribution is 7.15. The van der Waals surface area contributed by atoms with Gasteiger partial charge in [-0.15, -0.1) is 11.3 Å². The maximum atomic E-state index is 12.5. The molecule has 3 rings (SSSR count). The first-order valence-corrected chi connectivity index (χ1v) is 8.71. The first-order chi connectivity index (χ1) is 13.0. The van der Waals surface area contributed by atoms with E-state index in [1.54, 1.807) is 30.6 Å². The molecule has 0 saturated heterocycles. The second-order valence-electron chi connectivity index (χ2n) is 5.43. The number of hydrogen-bond donors (Lipinski definition) is 2. The van der Waals surface area contributed by atoms with Crippen LogP contribution >= 0.6 is 11.3 Å². The topological polar surface area (TPSA) is 103 Å². The molecule has 0 saturated carbocycles. The number of methoxy groups -OCH3 is 3. The SMILES string of the molecule is COc1cc(NC(=O)Nc2c(C)nc3sccn3c2=O)cc(OC)c1OC. The Morgan fingerprint density at radius 3 is 2.37 bits per heavy atom. The summed E-state index contributed by atoms with van der Waals surface area (Å²) in [5.74, 6) is 1.20. The Labute approximate surface area is 158 Å². The molecule has 2 N–H and O–H groups in total. The minimum absolute atomic E-state index is 0.107. The van der Waals surface area contributed by atoms with Gasteiger partial charge in [-0.25, -0.2) is 9.78 Å². The van der Waals surface area contributed by atoms with Crippen molar-refractivity contribution in [2.45, 2.75) is 6.92 Å². The van der Waals surface area contributed by atoms with Gasteiger partial charge in [0.25, 0.3) is 5.56 Å². The Morgan fingerprint density at radius 1 is 1.11 bits per heavy atom. The van der Waals surface area contributed by atoms with E-state index in [-0.39, 0.29) is 11.2 Å². The molecule has 0 unspecified atom stereocenters. The number of nitrogens with zero attached hydrogens (tertiary/aromatic N) is 2. The van der Waals surface area contributed by atoms with Crippen LogP contribution in [0.15, 0.2) is 28.5 Å². The predicted octanol–water partition coefficient (Wildman–Crippen LogP) is 2.73. The Balaban J connectivity index is 1.87. The molecule has 2 aromatic heterocycles. The zero-order chi connectivity index (χ0) is 19.6. The monoisotopic (exact) mass is 390 g/mol. The number of benzene rings is 1. The highest BCUT2D eigenvalue weighted by Gasteiger charge is 2.16. The highest BCUT2D eigenvalue weighted by atomic mass is 32.1. The number of fused-ring (bicyclic) bond motifs is 1. The number of amides is 2. The molecule has 0 aliphatic carbocycles. The zero-order valence-electron chi connectivity index (χ0n) is 15.2. The lowest BCUT2D eigenvalue weighted by molar-refractivity contribution is 0.262. The highest BCUT2D eigenvalue weighted by Crippen LogP contribution is 2.39. The van der Waals surface area contributed by atoms with E-state index in [0.717, 1.165) is 0 Å². The maximum absolute atomic E-state index is 12.5. The third kappa shape index (κ3) is 3.51. The fraction of sp³-hybridized carbons (Fsp3) is 0.235. The molecule has 1 aromatic carbocycles. The molecule has 9 nitrogen and oxygen atoms in total. The van der Waals surface area contributed by atoms with Crippen LogP contribution in [0.1, 0.15) is 5.69 Å². The number of nitrogens with one attached hydrogen (secondary N) is 2. The molecular weight excluding hydrogens is 372 g/mol. The van der Waals surface area contributed by atoms with Crippen LogP contribution in [-0.2, 0) is 0 Å². The van der Waals surface area contributed by atoms with E-state index in [9.17, 15) is 9.59 Å². The summed E-state index contributed by atoms with van der Waals surface area (Å²) in [6.45, 7) is 1.66. The van der Waals surface area contributed by atoms with Crippen LogP contribution in [0.3, 0.4) is 0 Å². The average molecular weight is 390 g/mol. The van der Waals surface area contributed by atoms with Gasteiger partial charge in [0.2, 0.25) is 5.75 Å². The lowest BCUT2D eigenvalue weighted by atomic mass is 10.2. The zero-order valence-corrected chi connectivity index (χ0v) is 16.0. The van der Waals surface area contributed by atoms with Crippen LogP contribution < -0.4 is 30.4 Å². The van der Waals surface area contributed by atoms with Crippen LogP contribution in [0.25, 0.3) is 4.96 Å². The number of rotatable bonds is 5. The van der Waals surface area contributed by atoms with Gasteiger partial charge in [0, 0.05) is 23.7 Å². The van der Waals surface area contributed by atoms with Gasteiger partial charge in [0.1, 0.15) is 5.69 Å². The van der Waals surface area contributed by atoms with Gasteiger partial charge in [-0.05, 0) is 6.92 Å². The summed E-state index contributed by atoms with van der Waals surface area (Å²) in [7, 11) is 4.45. The molecule has 10 heteroatoms. The minimum atomic E-state index is -0.596. The lowest BCUT2D eigenvalue weighted by Gasteiger charge is -2.15. The molecule has 0 aliphatic rings. The smallest absolute Gasteiger partial charge is 0.323 e. The molecule has 27 heavy (non-hydrogen) atoms. The van der Waals surface area contributed by atoms with Crippen molar-refractivity contribution in [3.05, 3.63) is 39.8 Å². The summed E-state index contributed by atoms with van der Waals surface area (Å²) in [6, 6.07) is 2.57. The van der Waals surface area contributed by atoms with Crippen LogP contribution in [0.2, 0.25) is 0 Å². The molecule has 0 fully saturated rings. The summed E-state index contributed by atoms with van der Waals surface area (Å²) in [6.07, 6.45) is 1.61. The van der Waals surface area contributed by atoms with Gasteiger partial charge in [0.15, 0.2) is 16.5 Å². The predicted molar refractivity (Wildman–Crippen MR) is 103 cm³/mol. The fourth-order valence-corrected chi connectivity index (χ4v) is 3.31. The summed E-state index contributed by atoms with van der Waals surface area (Å²) >= 11 is 1.34. The average Bonchev–Trinajstić information content (AvgIpc) is 3.12. The summed E-state index contributed by atoms with van der Waals surface area (Å²) in [5.41, 5.74) is 0.599. The first-order valence-electron chi connectivity index (χ1n) is 7.83. The molecule has 142 valence electrons. The molecule has 0 radical (unpaired) electrons. The number of anilines is 2. The molecular formula is C17H18N4O5S. The van der Waals surface area contributed by atoms with Crippen LogP contribution in [0.4, 0.5) is 16.2 Å². The standard InChI is InChI=1S/C17H18N4O5S/c1-9-13(15(22)21-5-6-27-17(21)18-9)20-16(23)19-10-7-11(24-2)14(26-4)12(8-10)25-3/h5-8H,1-4H3,(H2,19,20,23). The van der Waals surface area contributed by atoms with Crippen LogP contribution in [0.5, 0.6) is 17.2 Å². The molecule has 0 aliphatic heterocycles. The van der Waals surface area contributed by atoms with E-state index in [2.05, 4.69) is 15.6 Å². The van der Waals surface area contributed by atoms with Gasteiger partial charge < -0.3 is 24.8 Å². The fourth-order valence-electron chi connectivity index (χ4n) is 2.56. The Hall–Kier alpha value is -3.27. The maximum Gasteiger partial charge on any atom is 0.323 e. The van der Waals surface area contributed by atoms with E-state index in [0.29, 0.717) is 33.6 Å². The number of aromatic nitrogens is 2. The van der Waals surface area contributed by atoms with Crippen molar-refractivity contribution in [3.8, 4) is 17.2 Å². The van der Waals surface area contributed by atoms with Crippen molar-refractivity contribution in [1.82, 2.24) is 9.38 Å². The quantitative estimate of drug-likeness (QED) is 0.694. The third-order valence-electron chi connectivity index (χ3n) is 3.81. The van der Waals surface area contributed by atoms with E-state index in [4.69, 9.17) is 14.2 Å². The largest absolute Gasteiger partial charge is 0.493 e. The van der Waals surface area contributed by atoms with Crippen molar-refractivity contribution in [2.75, 3.05) is 32.0 Å². The Morgan fingerprint density at radius 2 is 1.78 bits per heavy atom. The normalized spacial score (nSPS) is 10.5. The molecule has 0 spiro atoms. The van der Waals surface area contributed by atoms with Gasteiger partial charge in [-0.2, -0.15) is 0 Å². The number of carbonyl (C=O) groups is 1. The second-order valence-corrected chi connectivity index (χ2v) is 6.30. The minimum Gasteiger partial charge on any atom is -0.493 e. The van der Waals surface area contributed by atoms with Crippen LogP contribution in [-0.4, -0.2) is 36.7 Å². The molecule has 2 amide bonds. The van der Waals surface area contributed by atoms with Gasteiger partial charge in [0.05, 0.1) is 32.7 Å². The van der Waals surface area contributed by atoms with Gasteiger partial charge in [-0.3, -0.25) is 9.20 Å². The van der Waals surface area contributed by atoms with Gasteiger partial charge >= 0.3 is 6.03 Å². The van der Waals surface area contributed by atoms with Crippen molar-refractivity contribution >= 4 is 33.7 Å². The van der Waals surface area contributed by atoms with E-state index in [1.807, 2.05) is 0 Å². The lowest BCUT2D eigenvalue weighted by Crippen LogP contribution is -2.27. The summed E-state index contributed by atoms with van der Waals surface area (Å²) in [4.78, 5) is 29.8. The molecule has 0 bridgehead atoms. The first kappa shape index (κ1) is 18.5. The van der Waals surface area contributed by atoms with E-state index in [1.165, 1.54) is 37.1 Å². The molecule has 0 atom stereocenters. The van der Waals surface area contributed by atoms with E-state index < -0.39 is 6.03 Å². The third-order valence-corrected chi connectivity index (χ3v) is 4.57. The number of carbonyl (C=O) groups excluding carboxylic acids is 1. The van der Waals surface area contributed by atoms with Crippen LogP contribution in [0, 0.1) is 6.92 Å². The number of hydrogen-bond acceptors (Lipinski definition) is 7. The molecule has 3 aromatic rings. The Kier molecular flexibility index (Phi) is 5.17. The second kappa shape index (κ2) is 7.54. The van der Waals surface area contributed by atoms with Gasteiger partial charge in [-0.1, -0.05) is 0 Å². The van der Waals surface area contributed by atoms with E-state index >= 15 is 0 Å². The molecule has 2 heterocycles. The van der Waals surface area contributed by atoms with Crippen molar-refractivity contribution in [3.63, 3.8) is 0 Å². The summed E-state index contributed by atoms with van der Waals surface area (Å²) < 4.78 is 17.1.